The number of aromatic nitrogens is 2. The molecule has 4 aromatic rings. The molecule has 1 aromatic heterocycles. The molecule has 0 atom stereocenters. The predicted molar refractivity (Wildman–Crippen MR) is 110 cm³/mol. The van der Waals surface area contributed by atoms with Crippen molar-refractivity contribution in [3.63, 3.8) is 0 Å². The van der Waals surface area contributed by atoms with Gasteiger partial charge in [0.2, 0.25) is 5.91 Å². The van der Waals surface area contributed by atoms with Crippen LogP contribution in [-0.4, -0.2) is 15.5 Å². The monoisotopic (exact) mass is 375 g/mol. The van der Waals surface area contributed by atoms with Gasteiger partial charge in [0.05, 0.1) is 16.1 Å². The molecule has 0 unspecified atom stereocenters. The topological polar surface area (TPSA) is 46.9 Å². The molecular weight excluding hydrogens is 358 g/mol. The molecule has 4 nitrogen and oxygen atoms in total. The Morgan fingerprint density at radius 2 is 1.70 bits per heavy atom. The third-order valence-electron chi connectivity index (χ3n) is 4.41. The maximum atomic E-state index is 12.7. The molecule has 1 heterocycles. The lowest BCUT2D eigenvalue weighted by atomic mass is 10.2. The van der Waals surface area contributed by atoms with Crippen molar-refractivity contribution in [2.45, 2.75) is 13.5 Å². The predicted octanol–water partition coefficient (Wildman–Crippen LogP) is 5.30. The molecule has 0 bridgehead atoms. The highest BCUT2D eigenvalue weighted by atomic mass is 35.5. The molecule has 1 amide bonds. The zero-order valence-electron chi connectivity index (χ0n) is 14.8. The smallest absolute Gasteiger partial charge is 0.244 e. The molecule has 4 rings (SSSR count). The van der Waals surface area contributed by atoms with Crippen molar-refractivity contribution in [1.82, 2.24) is 9.55 Å². The Labute approximate surface area is 162 Å². The molecule has 5 heteroatoms. The van der Waals surface area contributed by atoms with E-state index in [1.54, 1.807) is 0 Å². The molecule has 0 saturated heterocycles. The van der Waals surface area contributed by atoms with Gasteiger partial charge in [-0.3, -0.25) is 4.79 Å². The van der Waals surface area contributed by atoms with Gasteiger partial charge in [-0.05, 0) is 43.3 Å². The Hall–Kier alpha value is -3.11. The van der Waals surface area contributed by atoms with Crippen LogP contribution >= 0.6 is 11.6 Å². The number of hydrogen-bond donors (Lipinski definition) is 1. The molecular formula is C22H18ClN3O. The van der Waals surface area contributed by atoms with E-state index in [0.29, 0.717) is 10.8 Å². The maximum Gasteiger partial charge on any atom is 0.244 e. The van der Waals surface area contributed by atoms with Crippen molar-refractivity contribution >= 4 is 34.2 Å². The molecule has 0 aliphatic rings. The average molecular weight is 376 g/mol. The van der Waals surface area contributed by atoms with Gasteiger partial charge in [0.25, 0.3) is 0 Å². The van der Waals surface area contributed by atoms with E-state index in [-0.39, 0.29) is 12.5 Å². The van der Waals surface area contributed by atoms with Gasteiger partial charge in [0, 0.05) is 11.3 Å². The first-order chi connectivity index (χ1) is 13.1. The highest BCUT2D eigenvalue weighted by Gasteiger charge is 2.17. The van der Waals surface area contributed by atoms with Crippen LogP contribution in [0.1, 0.15) is 5.56 Å². The first-order valence-electron chi connectivity index (χ1n) is 8.68. The second kappa shape index (κ2) is 7.25. The molecule has 0 saturated carbocycles. The van der Waals surface area contributed by atoms with Gasteiger partial charge in [-0.25, -0.2) is 4.98 Å². The fourth-order valence-electron chi connectivity index (χ4n) is 3.06. The number of benzene rings is 3. The number of hydrogen-bond acceptors (Lipinski definition) is 2. The van der Waals surface area contributed by atoms with Gasteiger partial charge in [-0.15, -0.1) is 0 Å². The van der Waals surface area contributed by atoms with Crippen molar-refractivity contribution in [3.8, 4) is 11.4 Å². The number of anilines is 1. The number of carbonyl (C=O) groups is 1. The van der Waals surface area contributed by atoms with Gasteiger partial charge >= 0.3 is 0 Å². The van der Waals surface area contributed by atoms with Crippen LogP contribution < -0.4 is 5.32 Å². The summed E-state index contributed by atoms with van der Waals surface area (Å²) < 4.78 is 1.90. The summed E-state index contributed by atoms with van der Waals surface area (Å²) in [7, 11) is 0. The standard InChI is InChI=1S/C22H18ClN3O/c1-15-10-12-16(13-11-15)24-21(27)14-26-20-9-5-4-8-19(20)25-22(26)17-6-2-3-7-18(17)23/h2-13H,14H2,1H3,(H,24,27). The van der Waals surface area contributed by atoms with Crippen LogP contribution in [-0.2, 0) is 11.3 Å². The second-order valence-electron chi connectivity index (χ2n) is 6.40. The lowest BCUT2D eigenvalue weighted by Crippen LogP contribution is -2.19. The van der Waals surface area contributed by atoms with E-state index in [0.717, 1.165) is 27.8 Å². The van der Waals surface area contributed by atoms with E-state index in [9.17, 15) is 4.79 Å². The summed E-state index contributed by atoms with van der Waals surface area (Å²) in [5.74, 6) is 0.566. The van der Waals surface area contributed by atoms with Crippen molar-refractivity contribution in [3.05, 3.63) is 83.4 Å². The van der Waals surface area contributed by atoms with Gasteiger partial charge in [-0.1, -0.05) is 53.6 Å². The molecule has 134 valence electrons. The highest BCUT2D eigenvalue weighted by molar-refractivity contribution is 6.33. The number of rotatable bonds is 4. The Balaban J connectivity index is 1.72. The van der Waals surface area contributed by atoms with Gasteiger partial charge in [0.15, 0.2) is 0 Å². The van der Waals surface area contributed by atoms with E-state index < -0.39 is 0 Å². The summed E-state index contributed by atoms with van der Waals surface area (Å²) in [5.41, 5.74) is 4.45. The molecule has 1 N–H and O–H groups in total. The van der Waals surface area contributed by atoms with Crippen LogP contribution in [0.5, 0.6) is 0 Å². The van der Waals surface area contributed by atoms with Gasteiger partial charge in [0.1, 0.15) is 12.4 Å². The molecule has 0 radical (unpaired) electrons. The second-order valence-corrected chi connectivity index (χ2v) is 6.81. The van der Waals surface area contributed by atoms with Gasteiger partial charge in [-0.2, -0.15) is 0 Å². The number of halogens is 1. The van der Waals surface area contributed by atoms with Crippen LogP contribution in [0, 0.1) is 6.92 Å². The number of amides is 1. The van der Waals surface area contributed by atoms with Crippen LogP contribution in [0.4, 0.5) is 5.69 Å². The molecule has 3 aromatic carbocycles. The van der Waals surface area contributed by atoms with Crippen molar-refractivity contribution in [1.29, 1.82) is 0 Å². The molecule has 27 heavy (non-hydrogen) atoms. The SMILES string of the molecule is Cc1ccc(NC(=O)Cn2c(-c3ccccc3Cl)nc3ccccc32)cc1. The summed E-state index contributed by atoms with van der Waals surface area (Å²) in [6.07, 6.45) is 0. The quantitative estimate of drug-likeness (QED) is 0.525. The number of para-hydroxylation sites is 2. The molecule has 0 aliphatic heterocycles. The fourth-order valence-corrected chi connectivity index (χ4v) is 3.28. The number of nitrogens with one attached hydrogen (secondary N) is 1. The minimum atomic E-state index is -0.115. The number of fused-ring (bicyclic) bond motifs is 1. The number of carbonyl (C=O) groups excluding carboxylic acids is 1. The summed E-state index contributed by atoms with van der Waals surface area (Å²) in [5, 5.41) is 3.55. The maximum absolute atomic E-state index is 12.7. The minimum Gasteiger partial charge on any atom is -0.325 e. The number of nitrogens with zero attached hydrogens (tertiary/aromatic N) is 2. The molecule has 0 aliphatic carbocycles. The van der Waals surface area contributed by atoms with Crippen molar-refractivity contribution in [2.24, 2.45) is 0 Å². The normalized spacial score (nSPS) is 10.9. The largest absolute Gasteiger partial charge is 0.325 e. The summed E-state index contributed by atoms with van der Waals surface area (Å²) in [4.78, 5) is 17.4. The van der Waals surface area contributed by atoms with Gasteiger partial charge < -0.3 is 9.88 Å². The van der Waals surface area contributed by atoms with Crippen molar-refractivity contribution in [2.75, 3.05) is 5.32 Å². The van der Waals surface area contributed by atoms with Crippen LogP contribution in [0.2, 0.25) is 5.02 Å². The first kappa shape index (κ1) is 17.3. The Morgan fingerprint density at radius 3 is 2.48 bits per heavy atom. The Bertz CT molecular complexity index is 1120. The van der Waals surface area contributed by atoms with E-state index >= 15 is 0 Å². The fraction of sp³-hybridized carbons (Fsp3) is 0.0909. The zero-order valence-corrected chi connectivity index (χ0v) is 15.6. The lowest BCUT2D eigenvalue weighted by molar-refractivity contribution is -0.116. The van der Waals surface area contributed by atoms with E-state index in [1.807, 2.05) is 84.3 Å². The minimum absolute atomic E-state index is 0.115. The highest BCUT2D eigenvalue weighted by Crippen LogP contribution is 2.30. The van der Waals surface area contributed by atoms with Crippen LogP contribution in [0.3, 0.4) is 0 Å². The van der Waals surface area contributed by atoms with E-state index in [1.165, 1.54) is 0 Å². The number of aryl methyl sites for hydroxylation is 1. The zero-order chi connectivity index (χ0) is 18.8. The van der Waals surface area contributed by atoms with Crippen LogP contribution in [0.25, 0.3) is 22.4 Å². The van der Waals surface area contributed by atoms with Crippen LogP contribution in [0.15, 0.2) is 72.8 Å². The van der Waals surface area contributed by atoms with Crippen molar-refractivity contribution < 1.29 is 4.79 Å². The van der Waals surface area contributed by atoms with E-state index in [2.05, 4.69) is 5.32 Å². The Kier molecular flexibility index (Phi) is 4.65. The average Bonchev–Trinajstić information content (AvgIpc) is 3.02. The number of imidazole rings is 1. The Morgan fingerprint density at radius 1 is 1.00 bits per heavy atom. The third kappa shape index (κ3) is 3.57. The summed E-state index contributed by atoms with van der Waals surface area (Å²) in [6.45, 7) is 2.16. The molecule has 0 fully saturated rings. The molecule has 0 spiro atoms. The summed E-state index contributed by atoms with van der Waals surface area (Å²) >= 11 is 6.39. The first-order valence-corrected chi connectivity index (χ1v) is 9.06. The lowest BCUT2D eigenvalue weighted by Gasteiger charge is -2.11. The van der Waals surface area contributed by atoms with E-state index in [4.69, 9.17) is 16.6 Å². The summed E-state index contributed by atoms with van der Waals surface area (Å²) in [6, 6.07) is 23.0. The third-order valence-corrected chi connectivity index (χ3v) is 4.74.